The van der Waals surface area contributed by atoms with Crippen LogP contribution < -0.4 is 0 Å². The van der Waals surface area contributed by atoms with E-state index in [1.54, 1.807) is 0 Å². The zero-order valence-corrected chi connectivity index (χ0v) is 16.3. The van der Waals surface area contributed by atoms with Crippen LogP contribution in [0.1, 0.15) is 5.69 Å². The van der Waals surface area contributed by atoms with Gasteiger partial charge in [-0.25, -0.2) is 17.5 Å². The third kappa shape index (κ3) is 4.01. The largest absolute Gasteiger partial charge is 0.435 e. The SMILES string of the molecule is CS(=O)(=O)c1ccc(-n2nc(C(F)(F)F)cc2-c2ccc(Cl)c(Cl)c2)cc1F. The molecule has 28 heavy (non-hydrogen) atoms. The Hall–Kier alpha value is -2.10. The molecule has 0 bridgehead atoms. The molecule has 0 N–H and O–H groups in total. The predicted molar refractivity (Wildman–Crippen MR) is 97.1 cm³/mol. The van der Waals surface area contributed by atoms with Crippen molar-refractivity contribution in [2.45, 2.75) is 11.1 Å². The molecule has 3 aromatic rings. The Morgan fingerprint density at radius 1 is 1.00 bits per heavy atom. The van der Waals surface area contributed by atoms with Crippen LogP contribution in [0.15, 0.2) is 47.4 Å². The molecule has 0 saturated heterocycles. The van der Waals surface area contributed by atoms with E-state index in [2.05, 4.69) is 5.10 Å². The molecule has 0 aliphatic rings. The highest BCUT2D eigenvalue weighted by molar-refractivity contribution is 7.90. The van der Waals surface area contributed by atoms with E-state index in [1.807, 2.05) is 0 Å². The maximum absolute atomic E-state index is 14.2. The summed E-state index contributed by atoms with van der Waals surface area (Å²) in [7, 11) is -3.84. The fourth-order valence-corrected chi connectivity index (χ4v) is 3.53. The van der Waals surface area contributed by atoms with Crippen molar-refractivity contribution in [1.29, 1.82) is 0 Å². The van der Waals surface area contributed by atoms with Crippen LogP contribution in [0.25, 0.3) is 16.9 Å². The first-order chi connectivity index (χ1) is 12.9. The summed E-state index contributed by atoms with van der Waals surface area (Å²) < 4.78 is 77.8. The first kappa shape index (κ1) is 20.6. The second-order valence-corrected chi connectivity index (χ2v) is 8.64. The maximum Gasteiger partial charge on any atom is 0.435 e. The highest BCUT2D eigenvalue weighted by Gasteiger charge is 2.35. The molecule has 1 heterocycles. The Bertz CT molecular complexity index is 1170. The topological polar surface area (TPSA) is 52.0 Å². The van der Waals surface area contributed by atoms with Crippen molar-refractivity contribution in [3.8, 4) is 16.9 Å². The highest BCUT2D eigenvalue weighted by Crippen LogP contribution is 2.35. The van der Waals surface area contributed by atoms with Crippen LogP contribution in [0, 0.1) is 5.82 Å². The molecule has 148 valence electrons. The number of hydrogen-bond donors (Lipinski definition) is 0. The number of benzene rings is 2. The number of sulfone groups is 1. The average molecular weight is 453 g/mol. The van der Waals surface area contributed by atoms with Gasteiger partial charge in [-0.2, -0.15) is 18.3 Å². The van der Waals surface area contributed by atoms with Crippen LogP contribution >= 0.6 is 23.2 Å². The van der Waals surface area contributed by atoms with Gasteiger partial charge in [-0.05, 0) is 30.3 Å². The van der Waals surface area contributed by atoms with Gasteiger partial charge in [-0.1, -0.05) is 29.3 Å². The molecule has 0 amide bonds. The Labute approximate surface area is 167 Å². The summed E-state index contributed by atoms with van der Waals surface area (Å²) in [6.45, 7) is 0. The Kier molecular flexibility index (Phi) is 5.20. The molecule has 3 rings (SSSR count). The number of rotatable bonds is 3. The van der Waals surface area contributed by atoms with E-state index in [0.717, 1.165) is 35.2 Å². The van der Waals surface area contributed by atoms with E-state index >= 15 is 0 Å². The lowest BCUT2D eigenvalue weighted by molar-refractivity contribution is -0.141. The molecule has 0 fully saturated rings. The molecule has 0 atom stereocenters. The first-order valence-corrected chi connectivity index (χ1v) is 10.2. The van der Waals surface area contributed by atoms with Gasteiger partial charge in [0, 0.05) is 17.9 Å². The molecule has 0 aliphatic heterocycles. The third-order valence-electron chi connectivity index (χ3n) is 3.77. The van der Waals surface area contributed by atoms with Crippen molar-refractivity contribution in [2.24, 2.45) is 0 Å². The van der Waals surface area contributed by atoms with E-state index in [4.69, 9.17) is 23.2 Å². The van der Waals surface area contributed by atoms with E-state index in [-0.39, 0.29) is 27.0 Å². The van der Waals surface area contributed by atoms with Gasteiger partial charge >= 0.3 is 6.18 Å². The molecule has 0 saturated carbocycles. The minimum Gasteiger partial charge on any atom is -0.232 e. The van der Waals surface area contributed by atoms with Gasteiger partial charge in [0.1, 0.15) is 10.7 Å². The molecule has 11 heteroatoms. The Balaban J connectivity index is 2.24. The number of alkyl halides is 3. The normalized spacial score (nSPS) is 12.4. The number of hydrogen-bond acceptors (Lipinski definition) is 3. The quantitative estimate of drug-likeness (QED) is 0.499. The van der Waals surface area contributed by atoms with Gasteiger partial charge in [0.2, 0.25) is 0 Å². The van der Waals surface area contributed by atoms with Crippen LogP contribution in [-0.4, -0.2) is 24.5 Å². The molecule has 0 unspecified atom stereocenters. The smallest absolute Gasteiger partial charge is 0.232 e. The van der Waals surface area contributed by atoms with Crippen molar-refractivity contribution in [3.63, 3.8) is 0 Å². The fourth-order valence-electron chi connectivity index (χ4n) is 2.50. The zero-order chi connectivity index (χ0) is 20.9. The van der Waals surface area contributed by atoms with Gasteiger partial charge in [-0.3, -0.25) is 0 Å². The van der Waals surface area contributed by atoms with E-state index < -0.39 is 32.4 Å². The molecule has 0 aliphatic carbocycles. The highest BCUT2D eigenvalue weighted by atomic mass is 35.5. The van der Waals surface area contributed by atoms with Crippen LogP contribution in [0.3, 0.4) is 0 Å². The Morgan fingerprint density at radius 2 is 1.68 bits per heavy atom. The second-order valence-electron chi connectivity index (χ2n) is 5.84. The lowest BCUT2D eigenvalue weighted by atomic mass is 10.1. The standard InChI is InChI=1S/C17H10Cl2F4N2O2S/c1-28(26,27)15-5-3-10(7-13(15)20)25-14(8-16(24-25)17(21,22)23)9-2-4-11(18)12(19)6-9/h2-8H,1H3. The molecular formula is C17H10Cl2F4N2O2S. The molecule has 0 spiro atoms. The maximum atomic E-state index is 14.2. The summed E-state index contributed by atoms with van der Waals surface area (Å²) in [6, 6.07) is 7.88. The minimum atomic E-state index is -4.75. The second kappa shape index (κ2) is 7.06. The summed E-state index contributed by atoms with van der Waals surface area (Å²) >= 11 is 11.8. The zero-order valence-electron chi connectivity index (χ0n) is 13.9. The summed E-state index contributed by atoms with van der Waals surface area (Å²) in [6.07, 6.45) is -3.93. The summed E-state index contributed by atoms with van der Waals surface area (Å²) in [5, 5.41) is 3.83. The third-order valence-corrected chi connectivity index (χ3v) is 5.64. The lowest BCUT2D eigenvalue weighted by Crippen LogP contribution is -2.08. The van der Waals surface area contributed by atoms with E-state index in [1.165, 1.54) is 18.2 Å². The molecule has 0 radical (unpaired) electrons. The Morgan fingerprint density at radius 3 is 2.21 bits per heavy atom. The van der Waals surface area contributed by atoms with Gasteiger partial charge in [0.25, 0.3) is 0 Å². The van der Waals surface area contributed by atoms with Crippen LogP contribution in [0.4, 0.5) is 17.6 Å². The van der Waals surface area contributed by atoms with E-state index in [9.17, 15) is 26.0 Å². The lowest BCUT2D eigenvalue weighted by Gasteiger charge is -2.10. The van der Waals surface area contributed by atoms with Gasteiger partial charge in [0.15, 0.2) is 15.5 Å². The van der Waals surface area contributed by atoms with Gasteiger partial charge in [-0.15, -0.1) is 0 Å². The fraction of sp³-hybridized carbons (Fsp3) is 0.118. The molecule has 1 aromatic heterocycles. The first-order valence-electron chi connectivity index (χ1n) is 7.50. The number of halogens is 6. The average Bonchev–Trinajstić information content (AvgIpc) is 3.01. The van der Waals surface area contributed by atoms with Crippen molar-refractivity contribution >= 4 is 33.0 Å². The van der Waals surface area contributed by atoms with Crippen molar-refractivity contribution in [1.82, 2.24) is 9.78 Å². The molecule has 4 nitrogen and oxygen atoms in total. The van der Waals surface area contributed by atoms with Crippen molar-refractivity contribution in [2.75, 3.05) is 6.26 Å². The summed E-state index contributed by atoms with van der Waals surface area (Å²) in [4.78, 5) is -0.574. The van der Waals surface area contributed by atoms with Crippen LogP contribution in [0.5, 0.6) is 0 Å². The molecule has 2 aromatic carbocycles. The number of nitrogens with zero attached hydrogens (tertiary/aromatic N) is 2. The minimum absolute atomic E-state index is 0.0302. The monoisotopic (exact) mass is 452 g/mol. The molecular weight excluding hydrogens is 443 g/mol. The number of aromatic nitrogens is 2. The van der Waals surface area contributed by atoms with Crippen molar-refractivity contribution in [3.05, 3.63) is 64.0 Å². The predicted octanol–water partition coefficient (Wildman–Crippen LogP) is 5.41. The summed E-state index contributed by atoms with van der Waals surface area (Å²) in [5.41, 5.74) is -1.08. The van der Waals surface area contributed by atoms with Crippen LogP contribution in [0.2, 0.25) is 10.0 Å². The van der Waals surface area contributed by atoms with E-state index in [0.29, 0.717) is 0 Å². The van der Waals surface area contributed by atoms with Gasteiger partial charge < -0.3 is 0 Å². The van der Waals surface area contributed by atoms with Gasteiger partial charge in [0.05, 0.1) is 21.4 Å². The van der Waals surface area contributed by atoms with Crippen molar-refractivity contribution < 1.29 is 26.0 Å². The van der Waals surface area contributed by atoms with Crippen LogP contribution in [-0.2, 0) is 16.0 Å². The summed E-state index contributed by atoms with van der Waals surface area (Å²) in [5.74, 6) is -1.11.